The summed E-state index contributed by atoms with van der Waals surface area (Å²) < 4.78 is 27.6. The number of aryl methyl sites for hydroxylation is 1. The number of amides is 1. The molecule has 38 heavy (non-hydrogen) atoms. The Bertz CT molecular complexity index is 1450. The van der Waals surface area contributed by atoms with Crippen molar-refractivity contribution in [2.24, 2.45) is 0 Å². The lowest BCUT2D eigenvalue weighted by Crippen LogP contribution is -2.30. The Hall–Kier alpha value is -4.18. The standard InChI is InChI=1S/C22H23N7O7S2/c1-2-19-24-25-22(37-19)26-38(35,36)16-8-6-15(7-9-16)23-21(30)14-12-17(28(31)32)20(18(13-14)29(33)34)27-10-4-3-5-11-27/h6-9,12-13H,2-5,10-11H2,1H3,(H,23,30)(H,25,26). The van der Waals surface area contributed by atoms with Gasteiger partial charge in [0.2, 0.25) is 5.13 Å². The Labute approximate surface area is 221 Å². The molecule has 0 atom stereocenters. The van der Waals surface area contributed by atoms with Gasteiger partial charge in [0, 0.05) is 30.9 Å². The van der Waals surface area contributed by atoms with Crippen LogP contribution >= 0.6 is 11.3 Å². The monoisotopic (exact) mass is 561 g/mol. The largest absolute Gasteiger partial charge is 0.360 e. The lowest BCUT2D eigenvalue weighted by atomic mass is 10.1. The molecule has 0 unspecified atom stereocenters. The van der Waals surface area contributed by atoms with Crippen LogP contribution in [0.4, 0.5) is 27.9 Å². The van der Waals surface area contributed by atoms with E-state index in [-0.39, 0.29) is 27.0 Å². The van der Waals surface area contributed by atoms with Gasteiger partial charge in [-0.1, -0.05) is 18.3 Å². The van der Waals surface area contributed by atoms with Gasteiger partial charge in [-0.2, -0.15) is 0 Å². The van der Waals surface area contributed by atoms with Gasteiger partial charge in [0.15, 0.2) is 5.69 Å². The summed E-state index contributed by atoms with van der Waals surface area (Å²) in [6.45, 7) is 2.75. The van der Waals surface area contributed by atoms with Crippen LogP contribution in [0.3, 0.4) is 0 Å². The number of piperidine rings is 1. The van der Waals surface area contributed by atoms with Crippen LogP contribution in [0, 0.1) is 20.2 Å². The molecule has 2 heterocycles. The number of rotatable bonds is 9. The zero-order valence-corrected chi connectivity index (χ0v) is 21.8. The van der Waals surface area contributed by atoms with E-state index in [2.05, 4.69) is 20.2 Å². The summed E-state index contributed by atoms with van der Waals surface area (Å²) in [7, 11) is -3.96. The Morgan fingerprint density at radius 1 is 1.03 bits per heavy atom. The Balaban J connectivity index is 1.56. The van der Waals surface area contributed by atoms with Gasteiger partial charge < -0.3 is 10.2 Å². The third kappa shape index (κ3) is 5.86. The maximum Gasteiger partial charge on any atom is 0.300 e. The van der Waals surface area contributed by atoms with Crippen LogP contribution in [0.1, 0.15) is 41.6 Å². The zero-order chi connectivity index (χ0) is 27.4. The molecule has 3 aromatic rings. The van der Waals surface area contributed by atoms with E-state index < -0.39 is 37.2 Å². The third-order valence-electron chi connectivity index (χ3n) is 5.81. The van der Waals surface area contributed by atoms with Crippen molar-refractivity contribution in [1.82, 2.24) is 10.2 Å². The van der Waals surface area contributed by atoms with Gasteiger partial charge in [-0.25, -0.2) is 8.42 Å². The maximum atomic E-state index is 12.9. The van der Waals surface area contributed by atoms with E-state index in [0.717, 1.165) is 42.7 Å². The molecule has 2 aromatic carbocycles. The number of nitrogens with zero attached hydrogens (tertiary/aromatic N) is 5. The molecule has 0 aliphatic carbocycles. The fourth-order valence-corrected chi connectivity index (χ4v) is 5.90. The van der Waals surface area contributed by atoms with E-state index >= 15 is 0 Å². The molecule has 1 fully saturated rings. The normalized spacial score (nSPS) is 13.7. The number of anilines is 3. The molecule has 2 N–H and O–H groups in total. The second-order valence-electron chi connectivity index (χ2n) is 8.36. The molecule has 0 radical (unpaired) electrons. The minimum atomic E-state index is -3.96. The number of hydrogen-bond acceptors (Lipinski definition) is 11. The van der Waals surface area contributed by atoms with Crippen LogP contribution in [0.25, 0.3) is 0 Å². The quantitative estimate of drug-likeness (QED) is 0.285. The molecule has 4 rings (SSSR count). The number of carbonyl (C=O) groups excluding carboxylic acids is 1. The summed E-state index contributed by atoms with van der Waals surface area (Å²) in [5.74, 6) is -0.823. The third-order valence-corrected chi connectivity index (χ3v) is 8.28. The maximum absolute atomic E-state index is 12.9. The van der Waals surface area contributed by atoms with Gasteiger partial charge >= 0.3 is 0 Å². The summed E-state index contributed by atoms with van der Waals surface area (Å²) in [6, 6.07) is 7.20. The van der Waals surface area contributed by atoms with Crippen molar-refractivity contribution >= 4 is 55.1 Å². The number of benzene rings is 2. The first-order chi connectivity index (χ1) is 18.1. The molecular formula is C22H23N7O7S2. The van der Waals surface area contributed by atoms with Crippen molar-refractivity contribution in [2.75, 3.05) is 28.0 Å². The molecule has 0 bridgehead atoms. The highest BCUT2D eigenvalue weighted by Gasteiger charge is 2.33. The van der Waals surface area contributed by atoms with Gasteiger partial charge in [0.25, 0.3) is 27.3 Å². The molecule has 0 spiro atoms. The van der Waals surface area contributed by atoms with Crippen LogP contribution in [-0.2, 0) is 16.4 Å². The van der Waals surface area contributed by atoms with Crippen LogP contribution in [-0.4, -0.2) is 47.5 Å². The molecule has 1 amide bonds. The predicted octanol–water partition coefficient (Wildman–Crippen LogP) is 3.96. The van der Waals surface area contributed by atoms with Crippen molar-refractivity contribution in [3.8, 4) is 0 Å². The van der Waals surface area contributed by atoms with E-state index in [1.807, 2.05) is 6.92 Å². The number of nitro groups is 2. The highest BCUT2D eigenvalue weighted by molar-refractivity contribution is 7.93. The molecule has 1 aliphatic rings. The molecule has 14 nitrogen and oxygen atoms in total. The van der Waals surface area contributed by atoms with E-state index in [1.54, 1.807) is 4.90 Å². The van der Waals surface area contributed by atoms with Crippen LogP contribution < -0.4 is 14.9 Å². The van der Waals surface area contributed by atoms with Crippen molar-refractivity contribution < 1.29 is 23.1 Å². The Kier molecular flexibility index (Phi) is 7.82. The van der Waals surface area contributed by atoms with E-state index in [0.29, 0.717) is 24.5 Å². The molecule has 16 heteroatoms. The zero-order valence-electron chi connectivity index (χ0n) is 20.1. The molecular weight excluding hydrogens is 538 g/mol. The summed E-state index contributed by atoms with van der Waals surface area (Å²) in [6.07, 6.45) is 3.04. The second-order valence-corrected chi connectivity index (χ2v) is 11.1. The number of hydrogen-bond donors (Lipinski definition) is 2. The SMILES string of the molecule is CCc1nnc(NS(=O)(=O)c2ccc(NC(=O)c3cc([N+](=O)[O-])c(N4CCCCC4)c([N+](=O)[O-])c3)cc2)s1. The number of carbonyl (C=O) groups is 1. The van der Waals surface area contributed by atoms with Crippen molar-refractivity contribution in [2.45, 2.75) is 37.5 Å². The first-order valence-electron chi connectivity index (χ1n) is 11.6. The highest BCUT2D eigenvalue weighted by atomic mass is 32.2. The summed E-state index contributed by atoms with van der Waals surface area (Å²) in [4.78, 5) is 36.6. The van der Waals surface area contributed by atoms with Gasteiger partial charge in [0.05, 0.1) is 20.3 Å². The molecule has 0 saturated carbocycles. The van der Waals surface area contributed by atoms with Gasteiger partial charge in [-0.15, -0.1) is 10.2 Å². The summed E-state index contributed by atoms with van der Waals surface area (Å²) >= 11 is 1.11. The van der Waals surface area contributed by atoms with Crippen molar-refractivity contribution in [3.05, 3.63) is 67.2 Å². The van der Waals surface area contributed by atoms with Gasteiger partial charge in [0.1, 0.15) is 5.01 Å². The van der Waals surface area contributed by atoms with Gasteiger partial charge in [-0.05, 0) is 49.9 Å². The van der Waals surface area contributed by atoms with Crippen LogP contribution in [0.5, 0.6) is 0 Å². The Morgan fingerprint density at radius 3 is 2.16 bits per heavy atom. The summed E-state index contributed by atoms with van der Waals surface area (Å²) in [5, 5.41) is 34.5. The first-order valence-corrected chi connectivity index (χ1v) is 13.9. The smallest absolute Gasteiger partial charge is 0.300 e. The minimum absolute atomic E-state index is 0.0964. The van der Waals surface area contributed by atoms with Crippen molar-refractivity contribution in [3.63, 3.8) is 0 Å². The molecule has 1 aromatic heterocycles. The molecule has 1 aliphatic heterocycles. The minimum Gasteiger partial charge on any atom is -0.360 e. The molecule has 1 saturated heterocycles. The number of nitro benzene ring substituents is 2. The number of nitrogens with one attached hydrogen (secondary N) is 2. The fourth-order valence-electron chi connectivity index (χ4n) is 3.99. The topological polar surface area (TPSA) is 191 Å². The van der Waals surface area contributed by atoms with Crippen LogP contribution in [0.2, 0.25) is 0 Å². The summed E-state index contributed by atoms with van der Waals surface area (Å²) in [5.41, 5.74) is -1.25. The Morgan fingerprint density at radius 2 is 1.63 bits per heavy atom. The first kappa shape index (κ1) is 26.9. The lowest BCUT2D eigenvalue weighted by molar-refractivity contribution is -0.392. The van der Waals surface area contributed by atoms with Gasteiger partial charge in [-0.3, -0.25) is 29.7 Å². The number of aromatic nitrogens is 2. The van der Waals surface area contributed by atoms with E-state index in [9.17, 15) is 33.4 Å². The lowest BCUT2D eigenvalue weighted by Gasteiger charge is -2.28. The average Bonchev–Trinajstić information content (AvgIpc) is 3.35. The van der Waals surface area contributed by atoms with Crippen LogP contribution in [0.15, 0.2) is 41.3 Å². The van der Waals surface area contributed by atoms with E-state index in [1.165, 1.54) is 24.3 Å². The molecule has 200 valence electrons. The van der Waals surface area contributed by atoms with E-state index in [4.69, 9.17) is 0 Å². The second kappa shape index (κ2) is 11.1. The number of sulfonamides is 1. The predicted molar refractivity (Wildman–Crippen MR) is 140 cm³/mol. The highest BCUT2D eigenvalue weighted by Crippen LogP contribution is 2.40. The average molecular weight is 562 g/mol. The van der Waals surface area contributed by atoms with Crippen molar-refractivity contribution in [1.29, 1.82) is 0 Å². The fraction of sp³-hybridized carbons (Fsp3) is 0.318.